The van der Waals surface area contributed by atoms with Gasteiger partial charge in [0, 0.05) is 18.2 Å². The maximum absolute atomic E-state index is 13.8. The lowest BCUT2D eigenvalue weighted by Crippen LogP contribution is -2.07. The van der Waals surface area contributed by atoms with E-state index in [1.54, 1.807) is 18.2 Å². The standard InChI is InChI=1S/C12H11ClFN3O/c13-9-3-1-2-8(12(9)14)10-6-11(15-4-5-18)17-7-16-10/h1-3,6-7,18H,4-5H2,(H,15,16,17). The number of aromatic nitrogens is 2. The molecule has 0 unspecified atom stereocenters. The summed E-state index contributed by atoms with van der Waals surface area (Å²) in [5.41, 5.74) is 0.752. The maximum atomic E-state index is 13.8. The molecular formula is C12H11ClFN3O. The SMILES string of the molecule is OCCNc1cc(-c2cccc(Cl)c2F)ncn1. The number of aliphatic hydroxyl groups is 1. The Morgan fingerprint density at radius 1 is 1.33 bits per heavy atom. The smallest absolute Gasteiger partial charge is 0.151 e. The minimum absolute atomic E-state index is 0.00907. The highest BCUT2D eigenvalue weighted by Gasteiger charge is 2.10. The zero-order valence-electron chi connectivity index (χ0n) is 9.40. The van der Waals surface area contributed by atoms with E-state index in [0.29, 0.717) is 23.6 Å². The second-order valence-electron chi connectivity index (χ2n) is 3.54. The number of hydrogen-bond acceptors (Lipinski definition) is 4. The number of nitrogens with zero attached hydrogens (tertiary/aromatic N) is 2. The first-order valence-corrected chi connectivity index (χ1v) is 5.71. The topological polar surface area (TPSA) is 58.0 Å². The minimum Gasteiger partial charge on any atom is -0.395 e. The van der Waals surface area contributed by atoms with Crippen LogP contribution in [0.5, 0.6) is 0 Å². The predicted molar refractivity (Wildman–Crippen MR) is 68.0 cm³/mol. The highest BCUT2D eigenvalue weighted by molar-refractivity contribution is 6.31. The van der Waals surface area contributed by atoms with E-state index in [2.05, 4.69) is 15.3 Å². The lowest BCUT2D eigenvalue weighted by Gasteiger charge is -2.07. The predicted octanol–water partition coefficient (Wildman–Crippen LogP) is 2.34. The molecule has 2 rings (SSSR count). The van der Waals surface area contributed by atoms with E-state index in [1.165, 1.54) is 12.4 Å². The van der Waals surface area contributed by atoms with Crippen molar-refractivity contribution in [3.63, 3.8) is 0 Å². The van der Waals surface area contributed by atoms with Gasteiger partial charge in [-0.15, -0.1) is 0 Å². The Kier molecular flexibility index (Phi) is 4.07. The number of halogens is 2. The largest absolute Gasteiger partial charge is 0.395 e. The molecular weight excluding hydrogens is 257 g/mol. The van der Waals surface area contributed by atoms with E-state index in [1.807, 2.05) is 0 Å². The molecule has 18 heavy (non-hydrogen) atoms. The monoisotopic (exact) mass is 267 g/mol. The van der Waals surface area contributed by atoms with Crippen LogP contribution in [-0.2, 0) is 0 Å². The molecule has 6 heteroatoms. The Bertz CT molecular complexity index is 551. The van der Waals surface area contributed by atoms with Crippen LogP contribution in [0.25, 0.3) is 11.3 Å². The molecule has 0 aliphatic rings. The summed E-state index contributed by atoms with van der Waals surface area (Å²) in [5.74, 6) is 0.0133. The van der Waals surface area contributed by atoms with Crippen LogP contribution in [0.4, 0.5) is 10.2 Å². The van der Waals surface area contributed by atoms with Gasteiger partial charge in [0.05, 0.1) is 17.3 Å². The zero-order valence-corrected chi connectivity index (χ0v) is 10.2. The third-order valence-electron chi connectivity index (χ3n) is 2.31. The summed E-state index contributed by atoms with van der Waals surface area (Å²) in [5, 5.41) is 11.6. The second-order valence-corrected chi connectivity index (χ2v) is 3.95. The molecule has 2 N–H and O–H groups in total. The first-order valence-electron chi connectivity index (χ1n) is 5.33. The minimum atomic E-state index is -0.508. The van der Waals surface area contributed by atoms with Crippen LogP contribution in [0.2, 0.25) is 5.02 Å². The average molecular weight is 268 g/mol. The van der Waals surface area contributed by atoms with Crippen molar-refractivity contribution in [1.29, 1.82) is 0 Å². The summed E-state index contributed by atoms with van der Waals surface area (Å²) in [6.07, 6.45) is 1.33. The van der Waals surface area contributed by atoms with Crippen molar-refractivity contribution in [3.8, 4) is 11.3 Å². The van der Waals surface area contributed by atoms with E-state index in [9.17, 15) is 4.39 Å². The van der Waals surface area contributed by atoms with Crippen LogP contribution >= 0.6 is 11.6 Å². The first-order chi connectivity index (χ1) is 8.72. The van der Waals surface area contributed by atoms with Crippen molar-refractivity contribution in [2.24, 2.45) is 0 Å². The number of rotatable bonds is 4. The molecule has 0 amide bonds. The molecule has 1 aromatic carbocycles. The normalized spacial score (nSPS) is 10.4. The Morgan fingerprint density at radius 2 is 2.17 bits per heavy atom. The van der Waals surface area contributed by atoms with Crippen molar-refractivity contribution in [3.05, 3.63) is 41.4 Å². The van der Waals surface area contributed by atoms with Gasteiger partial charge in [-0.05, 0) is 12.1 Å². The molecule has 1 heterocycles. The molecule has 0 radical (unpaired) electrons. The lowest BCUT2D eigenvalue weighted by molar-refractivity contribution is 0.311. The van der Waals surface area contributed by atoms with Gasteiger partial charge < -0.3 is 10.4 Å². The van der Waals surface area contributed by atoms with E-state index in [0.717, 1.165) is 0 Å². The zero-order chi connectivity index (χ0) is 13.0. The third-order valence-corrected chi connectivity index (χ3v) is 2.60. The summed E-state index contributed by atoms with van der Waals surface area (Å²) < 4.78 is 13.8. The molecule has 0 aliphatic carbocycles. The molecule has 0 saturated carbocycles. The van der Waals surface area contributed by atoms with E-state index >= 15 is 0 Å². The Morgan fingerprint density at radius 3 is 2.94 bits per heavy atom. The molecule has 2 aromatic rings. The van der Waals surface area contributed by atoms with Gasteiger partial charge >= 0.3 is 0 Å². The van der Waals surface area contributed by atoms with Crippen molar-refractivity contribution in [2.75, 3.05) is 18.5 Å². The molecule has 1 aromatic heterocycles. The molecule has 4 nitrogen and oxygen atoms in total. The van der Waals surface area contributed by atoms with Gasteiger partial charge in [-0.1, -0.05) is 17.7 Å². The van der Waals surface area contributed by atoms with Crippen LogP contribution < -0.4 is 5.32 Å². The van der Waals surface area contributed by atoms with Gasteiger partial charge in [0.2, 0.25) is 0 Å². The maximum Gasteiger partial charge on any atom is 0.151 e. The molecule has 0 saturated heterocycles. The second kappa shape index (κ2) is 5.75. The van der Waals surface area contributed by atoms with E-state index in [-0.39, 0.29) is 11.6 Å². The molecule has 0 spiro atoms. The third kappa shape index (κ3) is 2.75. The highest BCUT2D eigenvalue weighted by atomic mass is 35.5. The van der Waals surface area contributed by atoms with E-state index < -0.39 is 5.82 Å². The van der Waals surface area contributed by atoms with Gasteiger partial charge in [-0.25, -0.2) is 14.4 Å². The van der Waals surface area contributed by atoms with Crippen LogP contribution in [-0.4, -0.2) is 28.2 Å². The number of anilines is 1. The number of nitrogens with one attached hydrogen (secondary N) is 1. The van der Waals surface area contributed by atoms with E-state index in [4.69, 9.17) is 16.7 Å². The van der Waals surface area contributed by atoms with Crippen LogP contribution in [0.3, 0.4) is 0 Å². The van der Waals surface area contributed by atoms with Crippen molar-refractivity contribution < 1.29 is 9.50 Å². The Balaban J connectivity index is 2.35. The number of hydrogen-bond donors (Lipinski definition) is 2. The van der Waals surface area contributed by atoms with Gasteiger partial charge in [0.1, 0.15) is 12.1 Å². The fourth-order valence-corrected chi connectivity index (χ4v) is 1.66. The summed E-state index contributed by atoms with van der Waals surface area (Å²) >= 11 is 5.72. The number of aliphatic hydroxyl groups excluding tert-OH is 1. The van der Waals surface area contributed by atoms with Gasteiger partial charge in [-0.2, -0.15) is 0 Å². The first kappa shape index (κ1) is 12.7. The lowest BCUT2D eigenvalue weighted by atomic mass is 10.1. The van der Waals surface area contributed by atoms with Gasteiger partial charge in [-0.3, -0.25) is 0 Å². The Labute approximate surface area is 108 Å². The van der Waals surface area contributed by atoms with Crippen molar-refractivity contribution in [1.82, 2.24) is 9.97 Å². The van der Waals surface area contributed by atoms with Crippen molar-refractivity contribution in [2.45, 2.75) is 0 Å². The molecule has 0 atom stereocenters. The summed E-state index contributed by atoms with van der Waals surface area (Å²) in [6.45, 7) is 0.360. The van der Waals surface area contributed by atoms with Crippen molar-refractivity contribution >= 4 is 17.4 Å². The molecule has 0 fully saturated rings. The molecule has 0 bridgehead atoms. The van der Waals surface area contributed by atoms with Crippen LogP contribution in [0, 0.1) is 5.82 Å². The quantitative estimate of drug-likeness (QED) is 0.893. The summed E-state index contributed by atoms with van der Waals surface area (Å²) in [7, 11) is 0. The van der Waals surface area contributed by atoms with Crippen LogP contribution in [0.1, 0.15) is 0 Å². The highest BCUT2D eigenvalue weighted by Crippen LogP contribution is 2.26. The average Bonchev–Trinajstić information content (AvgIpc) is 2.40. The summed E-state index contributed by atoms with van der Waals surface area (Å²) in [4.78, 5) is 7.97. The van der Waals surface area contributed by atoms with Crippen LogP contribution in [0.15, 0.2) is 30.6 Å². The molecule has 94 valence electrons. The fraction of sp³-hybridized carbons (Fsp3) is 0.167. The molecule has 0 aliphatic heterocycles. The van der Waals surface area contributed by atoms with Gasteiger partial charge in [0.15, 0.2) is 5.82 Å². The number of benzene rings is 1. The Hall–Kier alpha value is -1.72. The summed E-state index contributed by atoms with van der Waals surface area (Å²) in [6, 6.07) is 6.33. The fourth-order valence-electron chi connectivity index (χ4n) is 1.49. The van der Waals surface area contributed by atoms with Gasteiger partial charge in [0.25, 0.3) is 0 Å².